The van der Waals surface area contributed by atoms with Crippen molar-refractivity contribution in [3.63, 3.8) is 0 Å². The predicted molar refractivity (Wildman–Crippen MR) is 77.8 cm³/mol. The number of anilines is 1. The summed E-state index contributed by atoms with van der Waals surface area (Å²) in [4.78, 5) is 0. The van der Waals surface area contributed by atoms with Crippen LogP contribution in [0.2, 0.25) is 0 Å². The number of rotatable bonds is 8. The summed E-state index contributed by atoms with van der Waals surface area (Å²) in [7, 11) is 0. The minimum atomic E-state index is 0.262. The molecule has 0 aliphatic rings. The molecule has 5 heteroatoms. The molecule has 0 aliphatic carbocycles. The molecule has 18 heavy (non-hydrogen) atoms. The fourth-order valence-corrected chi connectivity index (χ4v) is 3.20. The normalized spacial score (nSPS) is 12.3. The molecule has 1 aromatic rings. The van der Waals surface area contributed by atoms with Gasteiger partial charge in [-0.15, -0.1) is 0 Å². The molecule has 0 aromatic carbocycles. The molecular formula is C13H22N4Se. The number of nitrogens with zero attached hydrogens (tertiary/aromatic N) is 2. The average molecular weight is 313 g/mol. The monoisotopic (exact) mass is 314 g/mol. The summed E-state index contributed by atoms with van der Waals surface area (Å²) in [5.41, 5.74) is 6.55. The number of hydrogen-bond acceptors (Lipinski definition) is 4. The van der Waals surface area contributed by atoms with Crippen LogP contribution in [-0.2, 0) is 6.42 Å². The Balaban J connectivity index is 2.43. The molecule has 0 saturated carbocycles. The first kappa shape index (κ1) is 15.2. The predicted octanol–water partition coefficient (Wildman–Crippen LogP) is 2.10. The van der Waals surface area contributed by atoms with Gasteiger partial charge in [0.25, 0.3) is 0 Å². The molecule has 0 bridgehead atoms. The zero-order valence-corrected chi connectivity index (χ0v) is 12.9. The van der Waals surface area contributed by atoms with Crippen LogP contribution in [0.4, 0.5) is 4.69 Å². The second-order valence-electron chi connectivity index (χ2n) is 3.97. The number of hydrogen-bond donors (Lipinski definition) is 2. The average Bonchev–Trinajstić information content (AvgIpc) is 2.82. The Labute approximate surface area is 115 Å². The van der Waals surface area contributed by atoms with E-state index in [2.05, 4.69) is 15.5 Å². The van der Waals surface area contributed by atoms with Crippen molar-refractivity contribution in [2.45, 2.75) is 39.5 Å². The van der Waals surface area contributed by atoms with Crippen molar-refractivity contribution in [1.82, 2.24) is 10.2 Å². The van der Waals surface area contributed by atoms with Crippen LogP contribution >= 0.6 is 0 Å². The van der Waals surface area contributed by atoms with Crippen LogP contribution in [0.1, 0.15) is 37.7 Å². The van der Waals surface area contributed by atoms with Crippen LogP contribution in [-0.4, -0.2) is 31.2 Å². The molecular weight excluding hydrogens is 291 g/mol. The third kappa shape index (κ3) is 5.63. The van der Waals surface area contributed by atoms with E-state index < -0.39 is 0 Å². The number of nitrogens with two attached hydrogens (primary N) is 1. The summed E-state index contributed by atoms with van der Waals surface area (Å²) >= 11 is 0.262. The molecule has 0 saturated heterocycles. The minimum absolute atomic E-state index is 0.262. The second-order valence-corrected chi connectivity index (χ2v) is 6.20. The van der Waals surface area contributed by atoms with E-state index in [0.29, 0.717) is 0 Å². The Bertz CT molecular complexity index is 395. The van der Waals surface area contributed by atoms with Gasteiger partial charge in [0.05, 0.1) is 0 Å². The molecule has 0 radical (unpaired) electrons. The van der Waals surface area contributed by atoms with Crippen LogP contribution in [0.15, 0.2) is 23.9 Å². The Hall–Kier alpha value is -0.901. The van der Waals surface area contributed by atoms with E-state index in [1.165, 1.54) is 17.4 Å². The van der Waals surface area contributed by atoms with Crippen molar-refractivity contribution in [1.29, 1.82) is 0 Å². The maximum atomic E-state index is 5.47. The van der Waals surface area contributed by atoms with Crippen molar-refractivity contribution >= 4 is 19.2 Å². The SMILES string of the molecule is C/C=C\C(=C/C)Nc1nnc(CCCCCN)[se]1. The van der Waals surface area contributed by atoms with Gasteiger partial charge in [-0.2, -0.15) is 0 Å². The topological polar surface area (TPSA) is 63.8 Å². The number of allylic oxidation sites excluding steroid dienone is 3. The van der Waals surface area contributed by atoms with E-state index in [4.69, 9.17) is 5.73 Å². The summed E-state index contributed by atoms with van der Waals surface area (Å²) < 4.78 is 2.24. The van der Waals surface area contributed by atoms with E-state index in [9.17, 15) is 0 Å². The number of nitrogens with one attached hydrogen (secondary N) is 1. The quantitative estimate of drug-likeness (QED) is 0.438. The fraction of sp³-hybridized carbons (Fsp3) is 0.538. The summed E-state index contributed by atoms with van der Waals surface area (Å²) in [6, 6.07) is 0. The summed E-state index contributed by atoms with van der Waals surface area (Å²) in [6.45, 7) is 4.81. The number of aryl methyl sites for hydroxylation is 1. The fourth-order valence-electron chi connectivity index (χ4n) is 1.52. The van der Waals surface area contributed by atoms with Gasteiger partial charge in [-0.05, 0) is 0 Å². The first-order chi connectivity index (χ1) is 8.80. The second kappa shape index (κ2) is 9.09. The van der Waals surface area contributed by atoms with Crippen LogP contribution in [0, 0.1) is 0 Å². The molecule has 0 amide bonds. The maximum absolute atomic E-state index is 5.47. The van der Waals surface area contributed by atoms with Crippen LogP contribution in [0.25, 0.3) is 0 Å². The third-order valence-corrected chi connectivity index (χ3v) is 4.36. The molecule has 0 atom stereocenters. The van der Waals surface area contributed by atoms with Crippen molar-refractivity contribution in [2.75, 3.05) is 11.9 Å². The summed E-state index contributed by atoms with van der Waals surface area (Å²) in [5, 5.41) is 11.8. The van der Waals surface area contributed by atoms with Crippen molar-refractivity contribution in [2.24, 2.45) is 5.73 Å². The summed E-state index contributed by atoms with van der Waals surface area (Å²) in [5.74, 6) is 0. The first-order valence-corrected chi connectivity index (χ1v) is 8.10. The molecule has 3 N–H and O–H groups in total. The molecule has 1 heterocycles. The van der Waals surface area contributed by atoms with E-state index in [-0.39, 0.29) is 14.5 Å². The van der Waals surface area contributed by atoms with Gasteiger partial charge in [-0.25, -0.2) is 0 Å². The standard InChI is InChI=1S/C13H22N4Se/c1-3-8-11(4-2)15-13-17-16-12(18-13)9-6-5-7-10-14/h3-4,8H,5-7,9-10,14H2,1-2H3,(H,15,17)/b8-3-,11-4+. The van der Waals surface area contributed by atoms with Gasteiger partial charge in [0.1, 0.15) is 0 Å². The molecule has 0 spiro atoms. The zero-order chi connectivity index (χ0) is 13.2. The van der Waals surface area contributed by atoms with Gasteiger partial charge in [0.15, 0.2) is 0 Å². The van der Waals surface area contributed by atoms with E-state index in [1.54, 1.807) is 0 Å². The van der Waals surface area contributed by atoms with Crippen LogP contribution in [0.5, 0.6) is 0 Å². The van der Waals surface area contributed by atoms with Gasteiger partial charge >= 0.3 is 115 Å². The molecule has 0 aliphatic heterocycles. The van der Waals surface area contributed by atoms with Gasteiger partial charge in [-0.1, -0.05) is 0 Å². The molecule has 100 valence electrons. The van der Waals surface area contributed by atoms with Gasteiger partial charge in [0, 0.05) is 0 Å². The first-order valence-electron chi connectivity index (χ1n) is 6.38. The van der Waals surface area contributed by atoms with Gasteiger partial charge in [-0.3, -0.25) is 0 Å². The Morgan fingerprint density at radius 2 is 2.11 bits per heavy atom. The Morgan fingerprint density at radius 3 is 2.78 bits per heavy atom. The van der Waals surface area contributed by atoms with Gasteiger partial charge in [0.2, 0.25) is 0 Å². The molecule has 0 unspecified atom stereocenters. The Morgan fingerprint density at radius 1 is 1.28 bits per heavy atom. The molecule has 0 fully saturated rings. The third-order valence-electron chi connectivity index (χ3n) is 2.47. The van der Waals surface area contributed by atoms with Crippen LogP contribution in [0.3, 0.4) is 0 Å². The summed E-state index contributed by atoms with van der Waals surface area (Å²) in [6.07, 6.45) is 10.6. The number of aromatic nitrogens is 2. The van der Waals surface area contributed by atoms with E-state index >= 15 is 0 Å². The van der Waals surface area contributed by atoms with Crippen molar-refractivity contribution in [3.8, 4) is 0 Å². The molecule has 4 nitrogen and oxygen atoms in total. The molecule has 1 aromatic heterocycles. The van der Waals surface area contributed by atoms with Crippen molar-refractivity contribution in [3.05, 3.63) is 28.5 Å². The van der Waals surface area contributed by atoms with Crippen molar-refractivity contribution < 1.29 is 0 Å². The van der Waals surface area contributed by atoms with Crippen LogP contribution < -0.4 is 11.1 Å². The van der Waals surface area contributed by atoms with Gasteiger partial charge < -0.3 is 0 Å². The van der Waals surface area contributed by atoms with E-state index in [1.807, 2.05) is 32.1 Å². The Kier molecular flexibility index (Phi) is 7.65. The van der Waals surface area contributed by atoms with E-state index in [0.717, 1.165) is 29.8 Å². The number of unbranched alkanes of at least 4 members (excludes halogenated alkanes) is 2. The molecule has 1 rings (SSSR count). The zero-order valence-electron chi connectivity index (χ0n) is 11.1.